The van der Waals surface area contributed by atoms with Gasteiger partial charge < -0.3 is 4.74 Å². The molecule has 0 bridgehead atoms. The largest absolute Gasteiger partial charge is 0.427 e. The van der Waals surface area contributed by atoms with E-state index in [4.69, 9.17) is 4.74 Å². The first kappa shape index (κ1) is 14.4. The summed E-state index contributed by atoms with van der Waals surface area (Å²) in [6.07, 6.45) is 2.11. The maximum Gasteiger partial charge on any atom is 0.343 e. The fourth-order valence-electron chi connectivity index (χ4n) is 2.15. The van der Waals surface area contributed by atoms with Crippen LogP contribution in [0.4, 0.5) is 8.78 Å². The highest BCUT2D eigenvalue weighted by atomic mass is 19.2. The van der Waals surface area contributed by atoms with Crippen molar-refractivity contribution in [2.24, 2.45) is 5.41 Å². The molecule has 0 saturated heterocycles. The minimum absolute atomic E-state index is 0.0966. The van der Waals surface area contributed by atoms with E-state index in [1.54, 1.807) is 0 Å². The molecular weight excluding hydrogens is 266 g/mol. The van der Waals surface area contributed by atoms with Crippen LogP contribution in [0, 0.1) is 17.0 Å². The molecule has 0 N–H and O–H groups in total. The van der Waals surface area contributed by atoms with E-state index in [2.05, 4.69) is 0 Å². The highest BCUT2D eigenvalue weighted by molar-refractivity contribution is 5.94. The molecule has 3 nitrogen and oxygen atoms in total. The number of halogens is 2. The molecule has 1 aromatic rings. The first-order valence-corrected chi connectivity index (χ1v) is 6.17. The Morgan fingerprint density at radius 2 is 1.90 bits per heavy atom. The van der Waals surface area contributed by atoms with Crippen LogP contribution < -0.4 is 0 Å². The summed E-state index contributed by atoms with van der Waals surface area (Å²) in [7, 11) is 0. The Hall–Kier alpha value is -2.04. The van der Waals surface area contributed by atoms with Gasteiger partial charge in [-0.15, -0.1) is 0 Å². The van der Waals surface area contributed by atoms with Crippen LogP contribution in [0.25, 0.3) is 0 Å². The van der Waals surface area contributed by atoms with Gasteiger partial charge in [0.2, 0.25) is 0 Å². The van der Waals surface area contributed by atoms with Gasteiger partial charge in [0.15, 0.2) is 17.4 Å². The number of hydrogen-bond donors (Lipinski definition) is 0. The SMILES string of the molecule is CC1(C)CC(=O)C=C(OC(=O)c2ccc(F)c(F)c2)C1. The summed E-state index contributed by atoms with van der Waals surface area (Å²) >= 11 is 0. The van der Waals surface area contributed by atoms with Crippen molar-refractivity contribution >= 4 is 11.8 Å². The Morgan fingerprint density at radius 1 is 1.20 bits per heavy atom. The molecule has 0 aromatic heterocycles. The summed E-state index contributed by atoms with van der Waals surface area (Å²) in [6.45, 7) is 3.78. The van der Waals surface area contributed by atoms with Crippen molar-refractivity contribution in [3.63, 3.8) is 0 Å². The van der Waals surface area contributed by atoms with Gasteiger partial charge in [-0.25, -0.2) is 13.6 Å². The van der Waals surface area contributed by atoms with Gasteiger partial charge in [0.25, 0.3) is 0 Å². The Kier molecular flexibility index (Phi) is 3.70. The molecule has 0 aliphatic heterocycles. The van der Waals surface area contributed by atoms with Crippen molar-refractivity contribution in [2.45, 2.75) is 26.7 Å². The van der Waals surface area contributed by atoms with Crippen LogP contribution in [0.1, 0.15) is 37.0 Å². The molecule has 0 spiro atoms. The lowest BCUT2D eigenvalue weighted by atomic mass is 9.79. The van der Waals surface area contributed by atoms with Crippen LogP contribution in [0.5, 0.6) is 0 Å². The van der Waals surface area contributed by atoms with E-state index in [1.807, 2.05) is 13.8 Å². The molecule has 0 radical (unpaired) electrons. The van der Waals surface area contributed by atoms with E-state index in [0.29, 0.717) is 12.8 Å². The second-order valence-electron chi connectivity index (χ2n) is 5.61. The lowest BCUT2D eigenvalue weighted by molar-refractivity contribution is -0.117. The molecule has 0 heterocycles. The molecule has 1 aliphatic rings. The number of carbonyl (C=O) groups is 2. The van der Waals surface area contributed by atoms with Gasteiger partial charge in [-0.2, -0.15) is 0 Å². The van der Waals surface area contributed by atoms with Gasteiger partial charge in [-0.05, 0) is 23.6 Å². The fraction of sp³-hybridized carbons (Fsp3) is 0.333. The standard InChI is InChI=1S/C15H14F2O3/c1-15(2)7-10(18)6-11(8-15)20-14(19)9-3-4-12(16)13(17)5-9/h3-6H,7-8H2,1-2H3. The normalized spacial score (nSPS) is 17.6. The first-order valence-electron chi connectivity index (χ1n) is 6.17. The molecule has 2 rings (SSSR count). The number of rotatable bonds is 2. The summed E-state index contributed by atoms with van der Waals surface area (Å²) in [5, 5.41) is 0. The average molecular weight is 280 g/mol. The zero-order valence-corrected chi connectivity index (χ0v) is 11.2. The maximum atomic E-state index is 13.1. The molecule has 0 amide bonds. The molecule has 106 valence electrons. The zero-order chi connectivity index (χ0) is 14.9. The molecule has 5 heteroatoms. The number of benzene rings is 1. The van der Waals surface area contributed by atoms with Crippen LogP contribution >= 0.6 is 0 Å². The van der Waals surface area contributed by atoms with E-state index < -0.39 is 17.6 Å². The number of esters is 1. The number of ketones is 1. The summed E-state index contributed by atoms with van der Waals surface area (Å²) in [6, 6.07) is 2.77. The Labute approximate surface area is 115 Å². The third-order valence-corrected chi connectivity index (χ3v) is 3.01. The van der Waals surface area contributed by atoms with E-state index in [9.17, 15) is 18.4 Å². The van der Waals surface area contributed by atoms with Gasteiger partial charge in [0, 0.05) is 18.9 Å². The van der Waals surface area contributed by atoms with E-state index in [0.717, 1.165) is 18.2 Å². The van der Waals surface area contributed by atoms with Crippen LogP contribution in [-0.2, 0) is 9.53 Å². The minimum Gasteiger partial charge on any atom is -0.427 e. The predicted octanol–water partition coefficient (Wildman–Crippen LogP) is 3.39. The minimum atomic E-state index is -1.12. The van der Waals surface area contributed by atoms with Gasteiger partial charge >= 0.3 is 5.97 Å². The Balaban J connectivity index is 2.15. The second kappa shape index (κ2) is 5.15. The van der Waals surface area contributed by atoms with Crippen molar-refractivity contribution < 1.29 is 23.1 Å². The summed E-state index contributed by atoms with van der Waals surface area (Å²) in [5.41, 5.74) is -0.379. The van der Waals surface area contributed by atoms with Crippen molar-refractivity contribution in [1.82, 2.24) is 0 Å². The molecule has 1 aromatic carbocycles. The van der Waals surface area contributed by atoms with E-state index >= 15 is 0 Å². The van der Waals surface area contributed by atoms with E-state index in [1.165, 1.54) is 6.08 Å². The van der Waals surface area contributed by atoms with Gasteiger partial charge in [0.1, 0.15) is 5.76 Å². The Morgan fingerprint density at radius 3 is 2.50 bits per heavy atom. The fourth-order valence-corrected chi connectivity index (χ4v) is 2.15. The predicted molar refractivity (Wildman–Crippen MR) is 67.9 cm³/mol. The number of hydrogen-bond acceptors (Lipinski definition) is 3. The molecule has 0 fully saturated rings. The molecule has 20 heavy (non-hydrogen) atoms. The molecular formula is C15H14F2O3. The zero-order valence-electron chi connectivity index (χ0n) is 11.2. The topological polar surface area (TPSA) is 43.4 Å². The van der Waals surface area contributed by atoms with Crippen LogP contribution in [0.2, 0.25) is 0 Å². The van der Waals surface area contributed by atoms with Crippen molar-refractivity contribution in [3.8, 4) is 0 Å². The summed E-state index contributed by atoms with van der Waals surface area (Å²) in [4.78, 5) is 23.4. The van der Waals surface area contributed by atoms with E-state index in [-0.39, 0.29) is 22.5 Å². The molecule has 0 unspecified atom stereocenters. The van der Waals surface area contributed by atoms with Crippen LogP contribution in [0.3, 0.4) is 0 Å². The van der Waals surface area contributed by atoms with Crippen molar-refractivity contribution in [1.29, 1.82) is 0 Å². The van der Waals surface area contributed by atoms with Crippen LogP contribution in [0.15, 0.2) is 30.0 Å². The number of carbonyl (C=O) groups excluding carboxylic acids is 2. The monoisotopic (exact) mass is 280 g/mol. The molecule has 0 atom stereocenters. The lowest BCUT2D eigenvalue weighted by Crippen LogP contribution is -2.23. The highest BCUT2D eigenvalue weighted by Gasteiger charge is 2.29. The number of allylic oxidation sites excluding steroid dienone is 2. The lowest BCUT2D eigenvalue weighted by Gasteiger charge is -2.27. The van der Waals surface area contributed by atoms with Crippen LogP contribution in [-0.4, -0.2) is 11.8 Å². The van der Waals surface area contributed by atoms with Gasteiger partial charge in [-0.3, -0.25) is 4.79 Å². The second-order valence-corrected chi connectivity index (χ2v) is 5.61. The first-order chi connectivity index (χ1) is 9.27. The summed E-state index contributed by atoms with van der Waals surface area (Å²) < 4.78 is 30.9. The van der Waals surface area contributed by atoms with Gasteiger partial charge in [-0.1, -0.05) is 13.8 Å². The molecule has 1 aliphatic carbocycles. The smallest absolute Gasteiger partial charge is 0.343 e. The van der Waals surface area contributed by atoms with Crippen molar-refractivity contribution in [2.75, 3.05) is 0 Å². The average Bonchev–Trinajstić information content (AvgIpc) is 2.29. The number of ether oxygens (including phenoxy) is 1. The molecule has 0 saturated carbocycles. The van der Waals surface area contributed by atoms with Crippen molar-refractivity contribution in [3.05, 3.63) is 47.2 Å². The third-order valence-electron chi connectivity index (χ3n) is 3.01. The highest BCUT2D eigenvalue weighted by Crippen LogP contribution is 2.34. The quantitative estimate of drug-likeness (QED) is 0.780. The Bertz CT molecular complexity index is 603. The van der Waals surface area contributed by atoms with Gasteiger partial charge in [0.05, 0.1) is 5.56 Å². The summed E-state index contributed by atoms with van der Waals surface area (Å²) in [5.74, 6) is -2.82. The third kappa shape index (κ3) is 3.29. The maximum absolute atomic E-state index is 13.1.